The third kappa shape index (κ3) is 5.72. The fourth-order valence-electron chi connectivity index (χ4n) is 2.25. The minimum absolute atomic E-state index is 0.150. The molecule has 1 rings (SSSR count). The second-order valence-corrected chi connectivity index (χ2v) is 6.64. The van der Waals surface area contributed by atoms with Gasteiger partial charge in [0.15, 0.2) is 0 Å². The second-order valence-electron chi connectivity index (χ2n) is 5.37. The summed E-state index contributed by atoms with van der Waals surface area (Å²) >= 11 is 1.78. The van der Waals surface area contributed by atoms with Crippen LogP contribution in [0.1, 0.15) is 39.0 Å². The molecule has 1 aliphatic rings. The zero-order chi connectivity index (χ0) is 14.3. The number of carbonyl (C=O) groups is 2. The number of amides is 2. The number of rotatable bonds is 8. The molecule has 0 bridgehead atoms. The highest BCUT2D eigenvalue weighted by Gasteiger charge is 2.39. The number of carbonyl (C=O) groups excluding carboxylic acids is 1. The Morgan fingerprint density at radius 2 is 2.05 bits per heavy atom. The van der Waals surface area contributed by atoms with Gasteiger partial charge in [0, 0.05) is 18.3 Å². The first-order chi connectivity index (χ1) is 8.97. The molecule has 5 nitrogen and oxygen atoms in total. The van der Waals surface area contributed by atoms with Gasteiger partial charge in [0.2, 0.25) is 0 Å². The van der Waals surface area contributed by atoms with Crippen LogP contribution >= 0.6 is 11.8 Å². The van der Waals surface area contributed by atoms with E-state index < -0.39 is 5.97 Å². The Balaban J connectivity index is 2.20. The monoisotopic (exact) mass is 288 g/mol. The van der Waals surface area contributed by atoms with Gasteiger partial charge in [0.1, 0.15) is 0 Å². The molecule has 0 aliphatic heterocycles. The number of thioether (sulfide) groups is 1. The first kappa shape index (κ1) is 16.1. The Bertz CT molecular complexity index is 319. The molecular weight excluding hydrogens is 264 g/mol. The number of carboxylic acids is 1. The predicted molar refractivity (Wildman–Crippen MR) is 77.5 cm³/mol. The van der Waals surface area contributed by atoms with Crippen LogP contribution in [0.4, 0.5) is 4.79 Å². The molecule has 0 heterocycles. The predicted octanol–water partition coefficient (Wildman–Crippen LogP) is 2.07. The summed E-state index contributed by atoms with van der Waals surface area (Å²) in [4.78, 5) is 22.4. The lowest BCUT2D eigenvalue weighted by atomic mass is 9.66. The Morgan fingerprint density at radius 1 is 1.37 bits per heavy atom. The van der Waals surface area contributed by atoms with Crippen molar-refractivity contribution in [2.24, 2.45) is 5.41 Å². The summed E-state index contributed by atoms with van der Waals surface area (Å²) in [6.45, 7) is 3.24. The lowest BCUT2D eigenvalue weighted by Crippen LogP contribution is -2.46. The number of hydrogen-bond acceptors (Lipinski definition) is 3. The first-order valence-electron chi connectivity index (χ1n) is 6.74. The van der Waals surface area contributed by atoms with E-state index in [0.29, 0.717) is 18.3 Å². The van der Waals surface area contributed by atoms with Crippen LogP contribution in [0.3, 0.4) is 0 Å². The molecule has 0 radical (unpaired) electrons. The normalized spacial score (nSPS) is 18.2. The maximum atomic E-state index is 11.6. The zero-order valence-corrected chi connectivity index (χ0v) is 12.5. The molecule has 110 valence electrons. The molecule has 0 spiro atoms. The number of carboxylic acid groups (broad SMARTS) is 1. The van der Waals surface area contributed by atoms with Crippen LogP contribution in [0.5, 0.6) is 0 Å². The first-order valence-corrected chi connectivity index (χ1v) is 8.02. The van der Waals surface area contributed by atoms with Gasteiger partial charge in [0.25, 0.3) is 0 Å². The third-order valence-electron chi connectivity index (χ3n) is 3.80. The van der Waals surface area contributed by atoms with Crippen molar-refractivity contribution in [3.63, 3.8) is 0 Å². The molecule has 0 aromatic rings. The SMILES string of the molecule is CSC(C)CCNC(=O)NCC1(CC(=O)O)CCC1. The quantitative estimate of drug-likeness (QED) is 0.639. The Kier molecular flexibility index (Phi) is 6.48. The van der Waals surface area contributed by atoms with Gasteiger partial charge in [-0.25, -0.2) is 4.79 Å². The average molecular weight is 288 g/mol. The fraction of sp³-hybridized carbons (Fsp3) is 0.846. The van der Waals surface area contributed by atoms with Crippen LogP contribution in [0.2, 0.25) is 0 Å². The van der Waals surface area contributed by atoms with Crippen molar-refractivity contribution < 1.29 is 14.7 Å². The van der Waals surface area contributed by atoms with Gasteiger partial charge < -0.3 is 15.7 Å². The van der Waals surface area contributed by atoms with Crippen molar-refractivity contribution in [3.8, 4) is 0 Å². The maximum absolute atomic E-state index is 11.6. The Labute approximate surface area is 118 Å². The van der Waals surface area contributed by atoms with Crippen molar-refractivity contribution in [1.82, 2.24) is 10.6 Å². The Morgan fingerprint density at radius 3 is 2.53 bits per heavy atom. The highest BCUT2D eigenvalue weighted by atomic mass is 32.2. The Hall–Kier alpha value is -0.910. The number of nitrogens with one attached hydrogen (secondary N) is 2. The zero-order valence-electron chi connectivity index (χ0n) is 11.7. The summed E-state index contributed by atoms with van der Waals surface area (Å²) < 4.78 is 0. The molecule has 0 aromatic heterocycles. The van der Waals surface area contributed by atoms with Crippen molar-refractivity contribution in [1.29, 1.82) is 0 Å². The van der Waals surface area contributed by atoms with Crippen LogP contribution in [-0.2, 0) is 4.79 Å². The average Bonchev–Trinajstić information content (AvgIpc) is 2.31. The summed E-state index contributed by atoms with van der Waals surface area (Å²) in [5.74, 6) is -0.782. The molecule has 3 N–H and O–H groups in total. The highest BCUT2D eigenvalue weighted by molar-refractivity contribution is 7.99. The van der Waals surface area contributed by atoms with E-state index in [-0.39, 0.29) is 17.9 Å². The van der Waals surface area contributed by atoms with Gasteiger partial charge in [-0.3, -0.25) is 4.79 Å². The smallest absolute Gasteiger partial charge is 0.314 e. The van der Waals surface area contributed by atoms with Crippen LogP contribution in [0.15, 0.2) is 0 Å². The van der Waals surface area contributed by atoms with Gasteiger partial charge >= 0.3 is 12.0 Å². The van der Waals surface area contributed by atoms with E-state index in [1.54, 1.807) is 11.8 Å². The van der Waals surface area contributed by atoms with E-state index in [4.69, 9.17) is 5.11 Å². The van der Waals surface area contributed by atoms with E-state index in [1.165, 1.54) is 0 Å². The minimum atomic E-state index is -0.782. The number of urea groups is 1. The van der Waals surface area contributed by atoms with Gasteiger partial charge in [-0.05, 0) is 30.9 Å². The lowest BCUT2D eigenvalue weighted by molar-refractivity contribution is -0.141. The summed E-state index contributed by atoms with van der Waals surface area (Å²) in [5, 5.41) is 15.0. The van der Waals surface area contributed by atoms with Gasteiger partial charge in [-0.2, -0.15) is 11.8 Å². The van der Waals surface area contributed by atoms with Crippen molar-refractivity contribution in [3.05, 3.63) is 0 Å². The van der Waals surface area contributed by atoms with Crippen LogP contribution in [0.25, 0.3) is 0 Å². The molecule has 2 amide bonds. The van der Waals surface area contributed by atoms with E-state index >= 15 is 0 Å². The van der Waals surface area contributed by atoms with Crippen LogP contribution < -0.4 is 10.6 Å². The van der Waals surface area contributed by atoms with E-state index in [9.17, 15) is 9.59 Å². The fourth-order valence-corrected chi connectivity index (χ4v) is 2.60. The van der Waals surface area contributed by atoms with Crippen molar-refractivity contribution >= 4 is 23.8 Å². The van der Waals surface area contributed by atoms with E-state index in [2.05, 4.69) is 23.8 Å². The van der Waals surface area contributed by atoms with Gasteiger partial charge in [0.05, 0.1) is 6.42 Å². The van der Waals surface area contributed by atoms with Crippen molar-refractivity contribution in [2.75, 3.05) is 19.3 Å². The molecule has 1 unspecified atom stereocenters. The van der Waals surface area contributed by atoms with Crippen molar-refractivity contribution in [2.45, 2.75) is 44.3 Å². The second kappa shape index (κ2) is 7.62. The molecular formula is C13H24N2O3S. The summed E-state index contributed by atoms with van der Waals surface area (Å²) in [6, 6.07) is -0.190. The minimum Gasteiger partial charge on any atom is -0.481 e. The summed E-state index contributed by atoms with van der Waals surface area (Å²) in [7, 11) is 0. The molecule has 1 atom stereocenters. The molecule has 1 fully saturated rings. The molecule has 1 saturated carbocycles. The molecule has 0 aromatic carbocycles. The van der Waals surface area contributed by atoms with E-state index in [0.717, 1.165) is 25.7 Å². The van der Waals surface area contributed by atoms with Gasteiger partial charge in [-0.1, -0.05) is 13.3 Å². The van der Waals surface area contributed by atoms with Gasteiger partial charge in [-0.15, -0.1) is 0 Å². The summed E-state index contributed by atoms with van der Waals surface area (Å²) in [5.41, 5.74) is -0.213. The lowest BCUT2D eigenvalue weighted by Gasteiger charge is -2.40. The van der Waals surface area contributed by atoms with Crippen LogP contribution in [0, 0.1) is 5.41 Å². The number of aliphatic carboxylic acids is 1. The topological polar surface area (TPSA) is 78.4 Å². The largest absolute Gasteiger partial charge is 0.481 e. The standard InChI is InChI=1S/C13H24N2O3S/c1-10(19-2)4-7-14-12(18)15-9-13(5-3-6-13)8-11(16)17/h10H,3-9H2,1-2H3,(H,16,17)(H2,14,15,18). The molecule has 19 heavy (non-hydrogen) atoms. The number of hydrogen-bond donors (Lipinski definition) is 3. The molecule has 6 heteroatoms. The maximum Gasteiger partial charge on any atom is 0.314 e. The molecule has 0 saturated heterocycles. The third-order valence-corrected chi connectivity index (χ3v) is 4.84. The van der Waals surface area contributed by atoms with Crippen LogP contribution in [-0.4, -0.2) is 41.7 Å². The summed E-state index contributed by atoms with van der Waals surface area (Å²) in [6.07, 6.45) is 5.98. The van der Waals surface area contributed by atoms with E-state index in [1.807, 2.05) is 0 Å². The molecule has 1 aliphatic carbocycles. The highest BCUT2D eigenvalue weighted by Crippen LogP contribution is 2.43.